The molecule has 1 aliphatic carbocycles. The SMILES string of the molecule is C=Cc1[nH]c2cccc3c2c1C[C@@H]1[C@@H]3C[C@H](C(=O)OC)CN1CCC. The fraction of sp³-hybridized carbons (Fsp3) is 0.476. The Morgan fingerprint density at radius 1 is 1.48 bits per heavy atom. The Labute approximate surface area is 148 Å². The Balaban J connectivity index is 1.82. The monoisotopic (exact) mass is 338 g/mol. The second-order valence-corrected chi connectivity index (χ2v) is 7.32. The van der Waals surface area contributed by atoms with Crippen LogP contribution in [-0.4, -0.2) is 42.1 Å². The largest absolute Gasteiger partial charge is 0.469 e. The molecule has 1 aromatic carbocycles. The molecule has 2 aromatic rings. The van der Waals surface area contributed by atoms with Crippen molar-refractivity contribution in [3.8, 4) is 0 Å². The van der Waals surface area contributed by atoms with Crippen molar-refractivity contribution in [2.24, 2.45) is 5.92 Å². The molecule has 4 heteroatoms. The zero-order chi connectivity index (χ0) is 17.6. The number of nitrogens with one attached hydrogen (secondary N) is 1. The maximum Gasteiger partial charge on any atom is 0.309 e. The number of aromatic nitrogens is 1. The van der Waals surface area contributed by atoms with Gasteiger partial charge in [-0.1, -0.05) is 25.6 Å². The van der Waals surface area contributed by atoms with E-state index < -0.39 is 0 Å². The van der Waals surface area contributed by atoms with Crippen molar-refractivity contribution in [3.05, 3.63) is 41.6 Å². The summed E-state index contributed by atoms with van der Waals surface area (Å²) >= 11 is 0. The maximum absolute atomic E-state index is 12.3. The minimum absolute atomic E-state index is 0.0348. The van der Waals surface area contributed by atoms with Gasteiger partial charge in [0.05, 0.1) is 13.0 Å². The Morgan fingerprint density at radius 2 is 2.32 bits per heavy atom. The number of benzene rings is 1. The third kappa shape index (κ3) is 2.51. The molecule has 2 aliphatic rings. The number of methoxy groups -OCH3 is 1. The van der Waals surface area contributed by atoms with E-state index >= 15 is 0 Å². The van der Waals surface area contributed by atoms with Crippen LogP contribution in [0.15, 0.2) is 24.8 Å². The summed E-state index contributed by atoms with van der Waals surface area (Å²) in [5, 5.41) is 1.35. The predicted molar refractivity (Wildman–Crippen MR) is 101 cm³/mol. The number of hydrogen-bond donors (Lipinski definition) is 1. The van der Waals surface area contributed by atoms with E-state index in [4.69, 9.17) is 4.74 Å². The summed E-state index contributed by atoms with van der Waals surface area (Å²) in [4.78, 5) is 18.3. The summed E-state index contributed by atoms with van der Waals surface area (Å²) < 4.78 is 5.07. The second kappa shape index (κ2) is 6.34. The Kier molecular flexibility index (Phi) is 4.16. The zero-order valence-electron chi connectivity index (χ0n) is 15.0. The van der Waals surface area contributed by atoms with Gasteiger partial charge in [-0.15, -0.1) is 0 Å². The van der Waals surface area contributed by atoms with Crippen molar-refractivity contribution in [1.82, 2.24) is 9.88 Å². The molecule has 0 saturated carbocycles. The van der Waals surface area contributed by atoms with Crippen LogP contribution in [0.5, 0.6) is 0 Å². The quantitative estimate of drug-likeness (QED) is 0.864. The van der Waals surface area contributed by atoms with Gasteiger partial charge in [0.15, 0.2) is 0 Å². The van der Waals surface area contributed by atoms with Crippen molar-refractivity contribution in [2.75, 3.05) is 20.2 Å². The number of ether oxygens (including phenoxy) is 1. The molecule has 132 valence electrons. The number of aromatic amines is 1. The van der Waals surface area contributed by atoms with Crippen LogP contribution in [0.25, 0.3) is 17.0 Å². The number of fused-ring (bicyclic) bond motifs is 2. The van der Waals surface area contributed by atoms with E-state index in [2.05, 4.69) is 41.6 Å². The first kappa shape index (κ1) is 16.4. The number of piperidine rings is 1. The lowest BCUT2D eigenvalue weighted by Crippen LogP contribution is -2.51. The number of carbonyl (C=O) groups is 1. The highest BCUT2D eigenvalue weighted by molar-refractivity contribution is 5.91. The van der Waals surface area contributed by atoms with Gasteiger partial charge in [-0.2, -0.15) is 0 Å². The van der Waals surface area contributed by atoms with Crippen molar-refractivity contribution >= 4 is 22.9 Å². The van der Waals surface area contributed by atoms with Crippen LogP contribution in [0.1, 0.15) is 42.5 Å². The highest BCUT2D eigenvalue weighted by atomic mass is 16.5. The van der Waals surface area contributed by atoms with Crippen LogP contribution in [0.4, 0.5) is 0 Å². The van der Waals surface area contributed by atoms with Gasteiger partial charge in [-0.05, 0) is 49.1 Å². The average Bonchev–Trinajstić information content (AvgIpc) is 3.01. The zero-order valence-corrected chi connectivity index (χ0v) is 15.0. The maximum atomic E-state index is 12.3. The molecule has 0 radical (unpaired) electrons. The molecule has 1 N–H and O–H groups in total. The Hall–Kier alpha value is -2.07. The van der Waals surface area contributed by atoms with Crippen LogP contribution < -0.4 is 0 Å². The van der Waals surface area contributed by atoms with Crippen LogP contribution in [-0.2, 0) is 16.0 Å². The summed E-state index contributed by atoms with van der Waals surface area (Å²) in [6, 6.07) is 6.96. The third-order valence-corrected chi connectivity index (χ3v) is 5.98. The van der Waals surface area contributed by atoms with E-state index in [-0.39, 0.29) is 11.9 Å². The van der Waals surface area contributed by atoms with Gasteiger partial charge >= 0.3 is 5.97 Å². The number of likely N-dealkylation sites (tertiary alicyclic amines) is 1. The molecule has 0 spiro atoms. The average molecular weight is 338 g/mol. The van der Waals surface area contributed by atoms with E-state index in [0.717, 1.165) is 38.0 Å². The number of rotatable bonds is 4. The lowest BCUT2D eigenvalue weighted by atomic mass is 9.72. The van der Waals surface area contributed by atoms with E-state index in [1.807, 2.05) is 6.08 Å². The van der Waals surface area contributed by atoms with E-state index in [9.17, 15) is 4.79 Å². The normalized spacial score (nSPS) is 25.6. The summed E-state index contributed by atoms with van der Waals surface area (Å²) in [6.45, 7) is 8.02. The Morgan fingerprint density at radius 3 is 3.04 bits per heavy atom. The van der Waals surface area contributed by atoms with E-state index in [1.165, 1.54) is 29.1 Å². The first-order chi connectivity index (χ1) is 12.2. The number of H-pyrrole nitrogens is 1. The molecule has 25 heavy (non-hydrogen) atoms. The smallest absolute Gasteiger partial charge is 0.309 e. The van der Waals surface area contributed by atoms with E-state index in [1.54, 1.807) is 0 Å². The van der Waals surface area contributed by atoms with Crippen LogP contribution in [0.3, 0.4) is 0 Å². The van der Waals surface area contributed by atoms with Gasteiger partial charge in [0.1, 0.15) is 0 Å². The van der Waals surface area contributed by atoms with Crippen molar-refractivity contribution < 1.29 is 9.53 Å². The van der Waals surface area contributed by atoms with Gasteiger partial charge in [0, 0.05) is 35.1 Å². The summed E-state index contributed by atoms with van der Waals surface area (Å²) in [5.74, 6) is 0.278. The molecule has 1 fully saturated rings. The number of esters is 1. The van der Waals surface area contributed by atoms with Gasteiger partial charge in [0.2, 0.25) is 0 Å². The summed E-state index contributed by atoms with van der Waals surface area (Å²) in [5.41, 5.74) is 5.10. The lowest BCUT2D eigenvalue weighted by Gasteiger charge is -2.46. The Bertz CT molecular complexity index is 823. The van der Waals surface area contributed by atoms with Gasteiger partial charge < -0.3 is 9.72 Å². The standard InChI is InChI=1S/C21H26N2O2/c1-4-9-23-12-13(21(24)25-3)10-15-14-7-6-8-18-20(14)16(11-19(15)23)17(5-2)22-18/h5-8,13,15,19,22H,2,4,9-12H2,1,3H3/t13-,15+,19+/m0/s1. The number of hydrogen-bond acceptors (Lipinski definition) is 3. The highest BCUT2D eigenvalue weighted by Crippen LogP contribution is 2.46. The first-order valence-corrected chi connectivity index (χ1v) is 9.25. The van der Waals surface area contributed by atoms with Gasteiger partial charge in [-0.25, -0.2) is 0 Å². The second-order valence-electron chi connectivity index (χ2n) is 7.32. The van der Waals surface area contributed by atoms with Gasteiger partial charge in [-0.3, -0.25) is 9.69 Å². The molecule has 1 aromatic heterocycles. The molecule has 3 atom stereocenters. The summed E-state index contributed by atoms with van der Waals surface area (Å²) in [7, 11) is 1.50. The fourth-order valence-corrected chi connectivity index (χ4v) is 4.97. The van der Waals surface area contributed by atoms with Crippen molar-refractivity contribution in [1.29, 1.82) is 0 Å². The summed E-state index contributed by atoms with van der Waals surface area (Å²) in [6.07, 6.45) is 4.93. The topological polar surface area (TPSA) is 45.3 Å². The molecule has 0 bridgehead atoms. The molecule has 2 heterocycles. The van der Waals surface area contributed by atoms with Crippen LogP contribution >= 0.6 is 0 Å². The predicted octanol–water partition coefficient (Wildman–Crippen LogP) is 3.72. The molecule has 0 amide bonds. The minimum atomic E-state index is -0.0709. The third-order valence-electron chi connectivity index (χ3n) is 5.98. The van der Waals surface area contributed by atoms with E-state index in [0.29, 0.717) is 12.0 Å². The molecule has 0 unspecified atom stereocenters. The van der Waals surface area contributed by atoms with Gasteiger partial charge in [0.25, 0.3) is 0 Å². The molecule has 4 rings (SSSR count). The molecule has 1 saturated heterocycles. The lowest BCUT2D eigenvalue weighted by molar-refractivity contribution is -0.148. The fourth-order valence-electron chi connectivity index (χ4n) is 4.97. The minimum Gasteiger partial charge on any atom is -0.469 e. The highest BCUT2D eigenvalue weighted by Gasteiger charge is 2.43. The molecule has 4 nitrogen and oxygen atoms in total. The van der Waals surface area contributed by atoms with Crippen LogP contribution in [0, 0.1) is 5.92 Å². The molecular weight excluding hydrogens is 312 g/mol. The van der Waals surface area contributed by atoms with Crippen molar-refractivity contribution in [2.45, 2.75) is 38.1 Å². The first-order valence-electron chi connectivity index (χ1n) is 9.25. The molecular formula is C21H26N2O2. The number of nitrogens with zero attached hydrogens (tertiary/aromatic N) is 1. The van der Waals surface area contributed by atoms with Crippen LogP contribution in [0.2, 0.25) is 0 Å². The number of carbonyl (C=O) groups excluding carboxylic acids is 1. The van der Waals surface area contributed by atoms with Crippen molar-refractivity contribution in [3.63, 3.8) is 0 Å². The molecule has 1 aliphatic heterocycles.